The van der Waals surface area contributed by atoms with Crippen LogP contribution in [0.15, 0.2) is 36.9 Å². The quantitative estimate of drug-likeness (QED) is 0.730. The highest BCUT2D eigenvalue weighted by molar-refractivity contribution is 5.61. The number of pyridine rings is 1. The van der Waals surface area contributed by atoms with Crippen LogP contribution >= 0.6 is 0 Å². The summed E-state index contributed by atoms with van der Waals surface area (Å²) in [4.78, 5) is 15.5. The third-order valence-corrected chi connectivity index (χ3v) is 5.66. The van der Waals surface area contributed by atoms with Crippen molar-refractivity contribution < 1.29 is 4.74 Å². The van der Waals surface area contributed by atoms with Crippen molar-refractivity contribution in [2.24, 2.45) is 5.92 Å². The van der Waals surface area contributed by atoms with Crippen molar-refractivity contribution in [3.05, 3.63) is 48.2 Å². The van der Waals surface area contributed by atoms with E-state index in [9.17, 15) is 0 Å². The Morgan fingerprint density at radius 1 is 1.15 bits per heavy atom. The first kappa shape index (κ1) is 16.5. The van der Waals surface area contributed by atoms with Crippen LogP contribution in [0, 0.1) is 5.92 Å². The van der Waals surface area contributed by atoms with Gasteiger partial charge in [-0.2, -0.15) is 0 Å². The average Bonchev–Trinajstić information content (AvgIpc) is 3.35. The fourth-order valence-corrected chi connectivity index (χ4v) is 4.22. The van der Waals surface area contributed by atoms with Gasteiger partial charge in [-0.1, -0.05) is 6.07 Å². The van der Waals surface area contributed by atoms with E-state index >= 15 is 0 Å². The fourth-order valence-electron chi connectivity index (χ4n) is 4.22. The molecule has 5 heterocycles. The fraction of sp³-hybridized carbons (Fsp3) is 0.421. The van der Waals surface area contributed by atoms with Crippen LogP contribution in [0.2, 0.25) is 0 Å². The first-order chi connectivity index (χ1) is 13.3. The van der Waals surface area contributed by atoms with Crippen LogP contribution in [0.3, 0.4) is 0 Å². The Labute approximate surface area is 157 Å². The van der Waals surface area contributed by atoms with E-state index < -0.39 is 0 Å². The van der Waals surface area contributed by atoms with Crippen LogP contribution in [0.25, 0.3) is 11.4 Å². The zero-order chi connectivity index (χ0) is 18.2. The SMILES string of the molecule is COc1ccc(CN2CCC(C3NNn4cnc5nccc-5c43)CC2)cn1. The van der Waals surface area contributed by atoms with Crippen molar-refractivity contribution in [1.82, 2.24) is 30.0 Å². The van der Waals surface area contributed by atoms with Crippen molar-refractivity contribution in [1.29, 1.82) is 0 Å². The Balaban J connectivity index is 1.25. The number of hydrazine groups is 1. The van der Waals surface area contributed by atoms with Gasteiger partial charge < -0.3 is 4.74 Å². The van der Waals surface area contributed by atoms with Crippen molar-refractivity contribution in [2.45, 2.75) is 25.4 Å². The number of nitrogens with zero attached hydrogens (tertiary/aromatic N) is 5. The number of hydrogen-bond donors (Lipinski definition) is 2. The summed E-state index contributed by atoms with van der Waals surface area (Å²) in [5.74, 6) is 2.06. The molecule has 1 fully saturated rings. The van der Waals surface area contributed by atoms with Gasteiger partial charge in [-0.3, -0.25) is 10.4 Å². The molecule has 1 saturated heterocycles. The predicted octanol–water partition coefficient (Wildman–Crippen LogP) is 1.80. The number of fused-ring (bicyclic) bond motifs is 3. The number of hydrogen-bond acceptors (Lipinski definition) is 7. The van der Waals surface area contributed by atoms with Crippen LogP contribution in [0.5, 0.6) is 5.88 Å². The summed E-state index contributed by atoms with van der Waals surface area (Å²) in [6.07, 6.45) is 7.86. The van der Waals surface area contributed by atoms with Gasteiger partial charge in [0.15, 0.2) is 5.82 Å². The Kier molecular flexibility index (Phi) is 4.14. The number of ether oxygens (including phenoxy) is 1. The maximum absolute atomic E-state index is 5.14. The molecule has 1 atom stereocenters. The van der Waals surface area contributed by atoms with Gasteiger partial charge in [-0.25, -0.2) is 25.1 Å². The molecule has 5 rings (SSSR count). The summed E-state index contributed by atoms with van der Waals surface area (Å²) < 4.78 is 7.13. The summed E-state index contributed by atoms with van der Waals surface area (Å²) >= 11 is 0. The second-order valence-corrected chi connectivity index (χ2v) is 7.24. The molecular formula is C19H23N7O. The van der Waals surface area contributed by atoms with E-state index in [0.29, 0.717) is 11.8 Å². The molecule has 1 aromatic heterocycles. The molecule has 1 aromatic rings. The normalized spacial score (nSPS) is 20.6. The van der Waals surface area contributed by atoms with E-state index in [1.165, 1.54) is 11.3 Å². The summed E-state index contributed by atoms with van der Waals surface area (Å²) in [7, 11) is 1.64. The monoisotopic (exact) mass is 365 g/mol. The van der Waals surface area contributed by atoms with Gasteiger partial charge in [0.05, 0.1) is 18.8 Å². The zero-order valence-corrected chi connectivity index (χ0v) is 15.3. The molecule has 2 N–H and O–H groups in total. The van der Waals surface area contributed by atoms with E-state index in [1.807, 2.05) is 29.5 Å². The number of piperidine rings is 1. The topological polar surface area (TPSA) is 80.1 Å². The highest BCUT2D eigenvalue weighted by atomic mass is 16.5. The first-order valence-corrected chi connectivity index (χ1v) is 9.36. The van der Waals surface area contributed by atoms with Crippen LogP contribution in [0.4, 0.5) is 0 Å². The minimum absolute atomic E-state index is 0.282. The van der Waals surface area contributed by atoms with E-state index in [2.05, 4.69) is 42.9 Å². The molecule has 0 saturated carbocycles. The lowest BCUT2D eigenvalue weighted by Crippen LogP contribution is -2.38. The smallest absolute Gasteiger partial charge is 0.212 e. The van der Waals surface area contributed by atoms with E-state index in [1.54, 1.807) is 7.11 Å². The zero-order valence-electron chi connectivity index (χ0n) is 15.3. The summed E-state index contributed by atoms with van der Waals surface area (Å²) in [5.41, 5.74) is 10.3. The maximum atomic E-state index is 5.14. The van der Waals surface area contributed by atoms with Crippen molar-refractivity contribution in [2.75, 3.05) is 25.7 Å². The summed E-state index contributed by atoms with van der Waals surface area (Å²) in [6.45, 7) is 3.11. The Hall–Kier alpha value is -2.71. The molecule has 140 valence electrons. The van der Waals surface area contributed by atoms with Gasteiger partial charge in [0.1, 0.15) is 6.33 Å². The standard InChI is InChI=1S/C19H23N7O/c1-27-16-3-2-13(10-21-16)11-25-8-5-14(6-9-25)17-18-15-4-7-20-19(15)22-12-26(18)24-23-17/h2-4,7,10,12,14,17,23-24H,5-6,8-9,11H2,1H3. The highest BCUT2D eigenvalue weighted by Crippen LogP contribution is 2.37. The van der Waals surface area contributed by atoms with Crippen LogP contribution < -0.4 is 15.7 Å². The molecule has 0 bridgehead atoms. The molecule has 4 aliphatic heterocycles. The summed E-state index contributed by atoms with van der Waals surface area (Å²) in [6, 6.07) is 6.36. The third kappa shape index (κ3) is 3.00. The lowest BCUT2D eigenvalue weighted by atomic mass is 9.86. The van der Waals surface area contributed by atoms with Gasteiger partial charge in [-0.15, -0.1) is 0 Å². The third-order valence-electron chi connectivity index (χ3n) is 5.66. The predicted molar refractivity (Wildman–Crippen MR) is 101 cm³/mol. The minimum atomic E-state index is 0.282. The Morgan fingerprint density at radius 2 is 2.04 bits per heavy atom. The number of aromatic nitrogens is 4. The molecule has 0 aliphatic carbocycles. The molecular weight excluding hydrogens is 342 g/mol. The number of rotatable bonds is 4. The van der Waals surface area contributed by atoms with Gasteiger partial charge in [0, 0.05) is 30.6 Å². The lowest BCUT2D eigenvalue weighted by Gasteiger charge is -2.34. The van der Waals surface area contributed by atoms with E-state index in [-0.39, 0.29) is 6.04 Å². The van der Waals surface area contributed by atoms with Crippen LogP contribution in [0.1, 0.15) is 30.1 Å². The maximum Gasteiger partial charge on any atom is 0.212 e. The Morgan fingerprint density at radius 3 is 2.81 bits per heavy atom. The molecule has 0 spiro atoms. The second-order valence-electron chi connectivity index (χ2n) is 7.24. The van der Waals surface area contributed by atoms with Gasteiger partial charge in [-0.05, 0) is 43.5 Å². The summed E-state index contributed by atoms with van der Waals surface area (Å²) in [5, 5.41) is 0. The van der Waals surface area contributed by atoms with Crippen molar-refractivity contribution in [3.8, 4) is 17.3 Å². The molecule has 4 aliphatic rings. The Bertz CT molecular complexity index is 885. The first-order valence-electron chi connectivity index (χ1n) is 9.36. The van der Waals surface area contributed by atoms with Crippen molar-refractivity contribution >= 4 is 0 Å². The highest BCUT2D eigenvalue weighted by Gasteiger charge is 2.35. The van der Waals surface area contributed by atoms with E-state index in [4.69, 9.17) is 4.74 Å². The number of likely N-dealkylation sites (tertiary alicyclic amines) is 1. The van der Waals surface area contributed by atoms with Gasteiger partial charge >= 0.3 is 0 Å². The van der Waals surface area contributed by atoms with Gasteiger partial charge in [0.2, 0.25) is 5.88 Å². The number of methoxy groups -OCH3 is 1. The average molecular weight is 365 g/mol. The minimum Gasteiger partial charge on any atom is -0.481 e. The molecule has 0 radical (unpaired) electrons. The largest absolute Gasteiger partial charge is 0.481 e. The molecule has 27 heavy (non-hydrogen) atoms. The molecule has 8 nitrogen and oxygen atoms in total. The molecule has 8 heteroatoms. The van der Waals surface area contributed by atoms with E-state index in [0.717, 1.165) is 43.9 Å². The lowest BCUT2D eigenvalue weighted by molar-refractivity contribution is 0.157. The molecule has 0 aromatic carbocycles. The molecule has 0 amide bonds. The number of nitrogens with one attached hydrogen (secondary N) is 2. The van der Waals surface area contributed by atoms with Crippen molar-refractivity contribution in [3.63, 3.8) is 0 Å². The van der Waals surface area contributed by atoms with Crippen LogP contribution in [-0.2, 0) is 6.54 Å². The molecule has 1 unspecified atom stereocenters. The second kappa shape index (κ2) is 6.79. The van der Waals surface area contributed by atoms with Crippen LogP contribution in [-0.4, -0.2) is 44.7 Å². The van der Waals surface area contributed by atoms with Gasteiger partial charge in [0.25, 0.3) is 0 Å².